The van der Waals surface area contributed by atoms with Crippen LogP contribution >= 0.6 is 11.6 Å². The van der Waals surface area contributed by atoms with Gasteiger partial charge in [-0.15, -0.1) is 0 Å². The molecular weight excluding hydrogens is 244 g/mol. The molecule has 1 fully saturated rings. The van der Waals surface area contributed by atoms with E-state index in [0.29, 0.717) is 6.04 Å². The van der Waals surface area contributed by atoms with E-state index in [4.69, 9.17) is 11.6 Å². The Kier molecular flexibility index (Phi) is 4.52. The third-order valence-corrected chi connectivity index (χ3v) is 3.71. The summed E-state index contributed by atoms with van der Waals surface area (Å²) in [6.07, 6.45) is 2.65. The highest BCUT2D eigenvalue weighted by Crippen LogP contribution is 2.28. The molecule has 1 aromatic carbocycles. The summed E-state index contributed by atoms with van der Waals surface area (Å²) < 4.78 is 0. The fraction of sp³-hybridized carbons (Fsp3) is 0.600. The molecule has 1 aliphatic carbocycles. The Morgan fingerprint density at radius 2 is 2.11 bits per heavy atom. The van der Waals surface area contributed by atoms with E-state index in [9.17, 15) is 0 Å². The second-order valence-electron chi connectivity index (χ2n) is 5.31. The minimum Gasteiger partial charge on any atom is -0.369 e. The van der Waals surface area contributed by atoms with Gasteiger partial charge in [0.15, 0.2) is 0 Å². The number of hydrogen-bond acceptors (Lipinski definition) is 2. The highest BCUT2D eigenvalue weighted by molar-refractivity contribution is 6.30. The predicted octanol–water partition coefficient (Wildman–Crippen LogP) is 3.83. The summed E-state index contributed by atoms with van der Waals surface area (Å²) in [7, 11) is 0. The lowest BCUT2D eigenvalue weighted by Gasteiger charge is -2.30. The van der Waals surface area contributed by atoms with Crippen molar-refractivity contribution in [3.63, 3.8) is 0 Å². The molecular formula is C15H23ClN2. The van der Waals surface area contributed by atoms with Crippen LogP contribution < -0.4 is 10.2 Å². The number of anilines is 1. The van der Waals surface area contributed by atoms with Crippen LogP contribution in [0.15, 0.2) is 18.2 Å². The molecule has 1 N–H and O–H groups in total. The van der Waals surface area contributed by atoms with Crippen molar-refractivity contribution in [1.82, 2.24) is 5.32 Å². The Balaban J connectivity index is 2.20. The highest BCUT2D eigenvalue weighted by Gasteiger charge is 2.21. The number of halogens is 1. The Bertz CT molecular complexity index is 399. The van der Waals surface area contributed by atoms with Gasteiger partial charge in [0.1, 0.15) is 0 Å². The van der Waals surface area contributed by atoms with Gasteiger partial charge in [-0.3, -0.25) is 0 Å². The first kappa shape index (κ1) is 13.7. The van der Waals surface area contributed by atoms with Crippen molar-refractivity contribution in [2.45, 2.75) is 52.2 Å². The summed E-state index contributed by atoms with van der Waals surface area (Å²) in [5.41, 5.74) is 2.62. The van der Waals surface area contributed by atoms with E-state index < -0.39 is 0 Å². The third kappa shape index (κ3) is 3.39. The van der Waals surface area contributed by atoms with Crippen molar-refractivity contribution < 1.29 is 0 Å². The smallest absolute Gasteiger partial charge is 0.0428 e. The monoisotopic (exact) mass is 266 g/mol. The van der Waals surface area contributed by atoms with Crippen molar-refractivity contribution in [1.29, 1.82) is 0 Å². The van der Waals surface area contributed by atoms with Crippen molar-refractivity contribution in [2.75, 3.05) is 11.4 Å². The summed E-state index contributed by atoms with van der Waals surface area (Å²) in [6.45, 7) is 8.60. The van der Waals surface area contributed by atoms with Gasteiger partial charge >= 0.3 is 0 Å². The first-order valence-corrected chi connectivity index (χ1v) is 7.28. The van der Waals surface area contributed by atoms with Gasteiger partial charge in [-0.25, -0.2) is 0 Å². The zero-order valence-corrected chi connectivity index (χ0v) is 12.3. The highest BCUT2D eigenvalue weighted by atomic mass is 35.5. The molecule has 3 heteroatoms. The van der Waals surface area contributed by atoms with Crippen LogP contribution in [0.25, 0.3) is 0 Å². The van der Waals surface area contributed by atoms with Crippen molar-refractivity contribution >= 4 is 17.3 Å². The lowest BCUT2D eigenvalue weighted by Crippen LogP contribution is -2.32. The average molecular weight is 267 g/mol. The minimum atomic E-state index is 0.494. The van der Waals surface area contributed by atoms with Crippen LogP contribution in [-0.2, 0) is 6.54 Å². The molecule has 0 atom stereocenters. The molecule has 0 amide bonds. The van der Waals surface area contributed by atoms with E-state index in [1.54, 1.807) is 0 Å². The fourth-order valence-corrected chi connectivity index (χ4v) is 2.48. The molecule has 0 spiro atoms. The molecule has 100 valence electrons. The average Bonchev–Trinajstić information content (AvgIpc) is 3.12. The van der Waals surface area contributed by atoms with E-state index in [0.717, 1.165) is 24.2 Å². The minimum absolute atomic E-state index is 0.494. The second-order valence-corrected chi connectivity index (χ2v) is 5.74. The molecule has 0 aromatic heterocycles. The third-order valence-electron chi connectivity index (χ3n) is 3.48. The first-order chi connectivity index (χ1) is 8.61. The van der Waals surface area contributed by atoms with Gasteiger partial charge in [-0.1, -0.05) is 17.7 Å². The molecule has 0 bridgehead atoms. The van der Waals surface area contributed by atoms with E-state index in [1.165, 1.54) is 24.1 Å². The predicted molar refractivity (Wildman–Crippen MR) is 79.5 cm³/mol. The van der Waals surface area contributed by atoms with E-state index in [1.807, 2.05) is 6.07 Å². The van der Waals surface area contributed by atoms with Crippen molar-refractivity contribution in [2.24, 2.45) is 0 Å². The van der Waals surface area contributed by atoms with Gasteiger partial charge in [0, 0.05) is 35.9 Å². The summed E-state index contributed by atoms with van der Waals surface area (Å²) in [5.74, 6) is 0. The first-order valence-electron chi connectivity index (χ1n) is 6.90. The van der Waals surface area contributed by atoms with Gasteiger partial charge < -0.3 is 10.2 Å². The molecule has 0 heterocycles. The molecule has 1 aromatic rings. The van der Waals surface area contributed by atoms with Crippen LogP contribution in [-0.4, -0.2) is 18.6 Å². The normalized spacial score (nSPS) is 15.2. The maximum Gasteiger partial charge on any atom is 0.0428 e. The summed E-state index contributed by atoms with van der Waals surface area (Å²) in [6, 6.07) is 7.46. The zero-order chi connectivity index (χ0) is 13.1. The maximum absolute atomic E-state index is 6.15. The molecule has 18 heavy (non-hydrogen) atoms. The van der Waals surface area contributed by atoms with E-state index >= 15 is 0 Å². The van der Waals surface area contributed by atoms with Crippen molar-refractivity contribution in [3.05, 3.63) is 28.8 Å². The van der Waals surface area contributed by atoms with Crippen LogP contribution in [0.3, 0.4) is 0 Å². The Labute approximate surface area is 115 Å². The number of rotatable bonds is 6. The van der Waals surface area contributed by atoms with E-state index in [2.05, 4.69) is 43.1 Å². The molecule has 1 aliphatic rings. The second kappa shape index (κ2) is 5.94. The summed E-state index contributed by atoms with van der Waals surface area (Å²) in [5, 5.41) is 4.40. The van der Waals surface area contributed by atoms with Gasteiger partial charge in [0.25, 0.3) is 0 Å². The van der Waals surface area contributed by atoms with E-state index in [-0.39, 0.29) is 0 Å². The lowest BCUT2D eigenvalue weighted by molar-refractivity contribution is 0.668. The molecule has 0 aliphatic heterocycles. The summed E-state index contributed by atoms with van der Waals surface area (Å²) in [4.78, 5) is 2.40. The zero-order valence-electron chi connectivity index (χ0n) is 11.5. The molecule has 0 saturated heterocycles. The molecule has 2 nitrogen and oxygen atoms in total. The van der Waals surface area contributed by atoms with Crippen LogP contribution in [0.4, 0.5) is 5.69 Å². The topological polar surface area (TPSA) is 15.3 Å². The van der Waals surface area contributed by atoms with Crippen molar-refractivity contribution in [3.8, 4) is 0 Å². The molecule has 1 saturated carbocycles. The van der Waals surface area contributed by atoms with Gasteiger partial charge in [-0.2, -0.15) is 0 Å². The maximum atomic E-state index is 6.15. The SMILES string of the molecule is CCN(c1cc(Cl)ccc1CNC1CC1)C(C)C. The fourth-order valence-electron chi connectivity index (χ4n) is 2.31. The molecule has 2 rings (SSSR count). The number of nitrogens with one attached hydrogen (secondary N) is 1. The largest absolute Gasteiger partial charge is 0.369 e. The quantitative estimate of drug-likeness (QED) is 0.842. The van der Waals surface area contributed by atoms with Crippen LogP contribution in [0.2, 0.25) is 5.02 Å². The Morgan fingerprint density at radius 1 is 1.39 bits per heavy atom. The lowest BCUT2D eigenvalue weighted by atomic mass is 10.1. The number of hydrogen-bond donors (Lipinski definition) is 1. The van der Waals surface area contributed by atoms with Crippen LogP contribution in [0.1, 0.15) is 39.2 Å². The van der Waals surface area contributed by atoms with Crippen LogP contribution in [0, 0.1) is 0 Å². The van der Waals surface area contributed by atoms with Crippen LogP contribution in [0.5, 0.6) is 0 Å². The number of benzene rings is 1. The molecule has 0 unspecified atom stereocenters. The summed E-state index contributed by atoms with van der Waals surface area (Å²) >= 11 is 6.15. The van der Waals surface area contributed by atoms with Gasteiger partial charge in [0.05, 0.1) is 0 Å². The van der Waals surface area contributed by atoms with Gasteiger partial charge in [0.2, 0.25) is 0 Å². The van der Waals surface area contributed by atoms with Gasteiger partial charge in [-0.05, 0) is 51.3 Å². The Morgan fingerprint density at radius 3 is 2.67 bits per heavy atom. The standard InChI is InChI=1S/C15H23ClN2/c1-4-18(11(2)3)15-9-13(16)6-5-12(15)10-17-14-7-8-14/h5-6,9,11,14,17H,4,7-8,10H2,1-3H3. The number of nitrogens with zero attached hydrogens (tertiary/aromatic N) is 1. The Hall–Kier alpha value is -0.730. The molecule has 0 radical (unpaired) electrons.